The highest BCUT2D eigenvalue weighted by Crippen LogP contribution is 2.25. The number of aromatic nitrogens is 3. The van der Waals surface area contributed by atoms with E-state index in [-0.39, 0.29) is 18.2 Å². The minimum Gasteiger partial charge on any atom is -0.344 e. The van der Waals surface area contributed by atoms with Gasteiger partial charge in [0.1, 0.15) is 0 Å². The van der Waals surface area contributed by atoms with Gasteiger partial charge in [0, 0.05) is 6.20 Å². The van der Waals surface area contributed by atoms with Gasteiger partial charge in [0.25, 0.3) is 0 Å². The van der Waals surface area contributed by atoms with Crippen molar-refractivity contribution in [3.05, 3.63) is 22.3 Å². The number of carbonyl (C=O) groups excluding carboxylic acids is 1. The summed E-state index contributed by atoms with van der Waals surface area (Å²) < 4.78 is 1.64. The van der Waals surface area contributed by atoms with E-state index in [1.165, 1.54) is 11.8 Å². The molecule has 0 aromatic carbocycles. The number of carbonyl (C=O) groups is 1. The molecule has 2 aromatic rings. The van der Waals surface area contributed by atoms with E-state index in [0.717, 1.165) is 0 Å². The summed E-state index contributed by atoms with van der Waals surface area (Å²) in [5, 5.41) is 11.9. The number of hydrogen-bond donors (Lipinski definition) is 1. The lowest BCUT2D eigenvalue weighted by Gasteiger charge is -2.02. The first kappa shape index (κ1) is 14.0. The van der Waals surface area contributed by atoms with Crippen LogP contribution in [0.4, 0.5) is 0 Å². The Labute approximate surface area is 123 Å². The second-order valence-electron chi connectivity index (χ2n) is 3.45. The molecule has 0 saturated heterocycles. The Kier molecular flexibility index (Phi) is 4.53. The number of halogens is 2. The number of hydrogen-bond acceptors (Lipinski definition) is 4. The van der Waals surface area contributed by atoms with Gasteiger partial charge in [-0.05, 0) is 6.07 Å². The molecule has 0 atom stereocenters. The third kappa shape index (κ3) is 3.32. The maximum atomic E-state index is 11.4. The van der Waals surface area contributed by atoms with Crippen molar-refractivity contribution in [1.82, 2.24) is 19.9 Å². The highest BCUT2D eigenvalue weighted by Gasteiger charge is 2.11. The molecule has 1 N–H and O–H groups in total. The van der Waals surface area contributed by atoms with Crippen LogP contribution in [-0.4, -0.2) is 32.8 Å². The Morgan fingerprint density at radius 1 is 1.53 bits per heavy atom. The van der Waals surface area contributed by atoms with Crippen molar-refractivity contribution in [2.24, 2.45) is 0 Å². The van der Waals surface area contributed by atoms with Gasteiger partial charge in [0.05, 0.1) is 22.3 Å². The van der Waals surface area contributed by atoms with Gasteiger partial charge in [-0.2, -0.15) is 0 Å². The van der Waals surface area contributed by atoms with E-state index in [0.29, 0.717) is 20.8 Å². The maximum Gasteiger partial charge on any atom is 0.231 e. The van der Waals surface area contributed by atoms with E-state index in [2.05, 4.69) is 21.4 Å². The average molecular weight is 315 g/mol. The molecule has 2 rings (SSSR count). The second-order valence-corrected chi connectivity index (χ2v) is 5.24. The van der Waals surface area contributed by atoms with Gasteiger partial charge < -0.3 is 5.32 Å². The molecule has 5 nitrogen and oxygen atoms in total. The van der Waals surface area contributed by atoms with E-state index in [9.17, 15) is 4.79 Å². The van der Waals surface area contributed by atoms with Gasteiger partial charge in [0.15, 0.2) is 10.8 Å². The van der Waals surface area contributed by atoms with Crippen molar-refractivity contribution < 1.29 is 4.79 Å². The zero-order chi connectivity index (χ0) is 13.8. The summed E-state index contributed by atoms with van der Waals surface area (Å²) >= 11 is 13.1. The van der Waals surface area contributed by atoms with Crippen LogP contribution in [-0.2, 0) is 4.79 Å². The molecular formula is C11H8Cl2N4OS. The predicted octanol–water partition coefficient (Wildman–Crippen LogP) is 1.88. The zero-order valence-corrected chi connectivity index (χ0v) is 11.9. The van der Waals surface area contributed by atoms with Crippen molar-refractivity contribution in [3.63, 3.8) is 0 Å². The van der Waals surface area contributed by atoms with Gasteiger partial charge in [-0.1, -0.05) is 40.9 Å². The van der Waals surface area contributed by atoms with Gasteiger partial charge >= 0.3 is 0 Å². The molecule has 0 unspecified atom stereocenters. The van der Waals surface area contributed by atoms with E-state index in [1.807, 2.05) is 0 Å². The molecule has 0 saturated carbocycles. The molecule has 0 aliphatic carbocycles. The molecule has 98 valence electrons. The van der Waals surface area contributed by atoms with E-state index in [4.69, 9.17) is 29.6 Å². The monoisotopic (exact) mass is 314 g/mol. The molecule has 2 aromatic heterocycles. The van der Waals surface area contributed by atoms with Crippen LogP contribution >= 0.6 is 35.0 Å². The van der Waals surface area contributed by atoms with Crippen LogP contribution in [0.5, 0.6) is 0 Å². The fourth-order valence-corrected chi connectivity index (χ4v) is 2.58. The Bertz CT molecular complexity index is 664. The summed E-state index contributed by atoms with van der Waals surface area (Å²) in [6.07, 6.45) is 6.69. The summed E-state index contributed by atoms with van der Waals surface area (Å²) in [5.41, 5.74) is 0.498. The van der Waals surface area contributed by atoms with Crippen LogP contribution in [0.2, 0.25) is 10.0 Å². The largest absolute Gasteiger partial charge is 0.344 e. The lowest BCUT2D eigenvalue weighted by Crippen LogP contribution is -2.25. The molecule has 0 aliphatic rings. The summed E-state index contributed by atoms with van der Waals surface area (Å²) in [4.78, 5) is 11.4. The molecule has 0 aliphatic heterocycles. The first-order valence-electron chi connectivity index (χ1n) is 5.14. The lowest BCUT2D eigenvalue weighted by molar-refractivity contribution is -0.118. The summed E-state index contributed by atoms with van der Waals surface area (Å²) in [5.74, 6) is 2.34. The Hall–Kier alpha value is -1.42. The fourth-order valence-electron chi connectivity index (χ4n) is 1.33. The van der Waals surface area contributed by atoms with E-state index in [1.54, 1.807) is 16.7 Å². The number of nitrogens with zero attached hydrogens (tertiary/aromatic N) is 3. The quantitative estimate of drug-likeness (QED) is 0.691. The Morgan fingerprint density at radius 3 is 3.05 bits per heavy atom. The third-order valence-corrected chi connectivity index (χ3v) is 3.54. The number of rotatable bonds is 4. The fraction of sp³-hybridized carbons (Fsp3) is 0.182. The zero-order valence-electron chi connectivity index (χ0n) is 9.56. The van der Waals surface area contributed by atoms with Crippen molar-refractivity contribution in [1.29, 1.82) is 0 Å². The SMILES string of the molecule is C#CCNC(=O)CSc1nnc2c(Cl)cc(Cl)cn12. The molecule has 19 heavy (non-hydrogen) atoms. The highest BCUT2D eigenvalue weighted by molar-refractivity contribution is 7.99. The average Bonchev–Trinajstić information content (AvgIpc) is 2.77. The van der Waals surface area contributed by atoms with Crippen LogP contribution in [0.15, 0.2) is 17.4 Å². The molecule has 2 heterocycles. The predicted molar refractivity (Wildman–Crippen MR) is 75.6 cm³/mol. The number of terminal acetylenes is 1. The molecule has 8 heteroatoms. The summed E-state index contributed by atoms with van der Waals surface area (Å²) in [6, 6.07) is 1.58. The molecule has 0 spiro atoms. The molecular weight excluding hydrogens is 307 g/mol. The third-order valence-electron chi connectivity index (χ3n) is 2.12. The van der Waals surface area contributed by atoms with E-state index < -0.39 is 0 Å². The maximum absolute atomic E-state index is 11.4. The highest BCUT2D eigenvalue weighted by atomic mass is 35.5. The minimum atomic E-state index is -0.173. The van der Waals surface area contributed by atoms with Gasteiger partial charge in [-0.25, -0.2) is 0 Å². The van der Waals surface area contributed by atoms with Crippen molar-refractivity contribution in [3.8, 4) is 12.3 Å². The van der Waals surface area contributed by atoms with Crippen LogP contribution < -0.4 is 5.32 Å². The van der Waals surface area contributed by atoms with Crippen molar-refractivity contribution in [2.75, 3.05) is 12.3 Å². The van der Waals surface area contributed by atoms with Crippen LogP contribution in [0, 0.1) is 12.3 Å². The van der Waals surface area contributed by atoms with Crippen LogP contribution in [0.1, 0.15) is 0 Å². The number of nitrogens with one attached hydrogen (secondary N) is 1. The van der Waals surface area contributed by atoms with E-state index >= 15 is 0 Å². The summed E-state index contributed by atoms with van der Waals surface area (Å²) in [7, 11) is 0. The second kappa shape index (κ2) is 6.15. The smallest absolute Gasteiger partial charge is 0.231 e. The standard InChI is InChI=1S/C11H8Cl2N4OS/c1-2-3-14-9(18)6-19-11-16-15-10-8(13)4-7(12)5-17(10)11/h1,4-5H,3,6H2,(H,14,18). The van der Waals surface area contributed by atoms with Crippen LogP contribution in [0.3, 0.4) is 0 Å². The van der Waals surface area contributed by atoms with Crippen molar-refractivity contribution in [2.45, 2.75) is 5.16 Å². The Balaban J connectivity index is 2.14. The van der Waals surface area contributed by atoms with Gasteiger partial charge in [-0.15, -0.1) is 16.6 Å². The van der Waals surface area contributed by atoms with Crippen LogP contribution in [0.25, 0.3) is 5.65 Å². The normalized spacial score (nSPS) is 10.4. The number of pyridine rings is 1. The number of amides is 1. The number of fused-ring (bicyclic) bond motifs is 1. The topological polar surface area (TPSA) is 59.3 Å². The molecule has 0 fully saturated rings. The van der Waals surface area contributed by atoms with Crippen molar-refractivity contribution >= 4 is 46.5 Å². The van der Waals surface area contributed by atoms with Gasteiger partial charge in [0.2, 0.25) is 5.91 Å². The molecule has 0 radical (unpaired) electrons. The lowest BCUT2D eigenvalue weighted by atomic mass is 10.5. The minimum absolute atomic E-state index is 0.173. The first-order valence-corrected chi connectivity index (χ1v) is 6.88. The Morgan fingerprint density at radius 2 is 2.32 bits per heavy atom. The first-order chi connectivity index (χ1) is 9.11. The number of thioether (sulfide) groups is 1. The molecule has 0 bridgehead atoms. The molecule has 1 amide bonds. The van der Waals surface area contributed by atoms with Gasteiger partial charge in [-0.3, -0.25) is 9.20 Å². The summed E-state index contributed by atoms with van der Waals surface area (Å²) in [6.45, 7) is 0.206.